The van der Waals surface area contributed by atoms with Crippen LogP contribution >= 0.6 is 11.6 Å². The summed E-state index contributed by atoms with van der Waals surface area (Å²) in [6.45, 7) is 1.56. The highest BCUT2D eigenvalue weighted by Crippen LogP contribution is 2.30. The summed E-state index contributed by atoms with van der Waals surface area (Å²) in [5.74, 6) is 0.638. The fourth-order valence-corrected chi connectivity index (χ4v) is 2.76. The molecule has 1 unspecified atom stereocenters. The lowest BCUT2D eigenvalue weighted by molar-refractivity contribution is 0.00533. The molecule has 0 bridgehead atoms. The summed E-state index contributed by atoms with van der Waals surface area (Å²) in [4.78, 5) is 0. The molecule has 0 saturated heterocycles. The molecule has 2 N–H and O–H groups in total. The number of para-hydroxylation sites is 1. The van der Waals surface area contributed by atoms with Gasteiger partial charge in [0.25, 0.3) is 0 Å². The van der Waals surface area contributed by atoms with Crippen LogP contribution in [0.5, 0.6) is 5.75 Å². The smallest absolute Gasteiger partial charge is 0.142 e. The van der Waals surface area contributed by atoms with Gasteiger partial charge in [-0.05, 0) is 24.5 Å². The summed E-state index contributed by atoms with van der Waals surface area (Å²) in [5.41, 5.74) is 2.09. The highest BCUT2D eigenvalue weighted by Gasteiger charge is 2.21. The molecular weight excluding hydrogens is 338 g/mol. The van der Waals surface area contributed by atoms with Crippen molar-refractivity contribution < 1.29 is 14.6 Å². The number of hydrogen-bond acceptors (Lipinski definition) is 4. The lowest BCUT2D eigenvalue weighted by atomic mass is 10.2. The van der Waals surface area contributed by atoms with Gasteiger partial charge in [0, 0.05) is 18.2 Å². The second-order valence-electron chi connectivity index (χ2n) is 6.35. The molecule has 2 aromatic carbocycles. The molecule has 1 saturated carbocycles. The average molecular weight is 362 g/mol. The van der Waals surface area contributed by atoms with E-state index in [0.717, 1.165) is 17.7 Å². The molecule has 4 nitrogen and oxygen atoms in total. The van der Waals surface area contributed by atoms with Gasteiger partial charge < -0.3 is 19.9 Å². The number of rotatable bonds is 10. The molecule has 0 radical (unpaired) electrons. The minimum atomic E-state index is -0.704. The summed E-state index contributed by atoms with van der Waals surface area (Å²) in [6, 6.07) is 16.2. The second kappa shape index (κ2) is 9.20. The molecule has 1 aliphatic rings. The van der Waals surface area contributed by atoms with Crippen molar-refractivity contribution in [2.24, 2.45) is 0 Å². The zero-order chi connectivity index (χ0) is 17.5. The molecule has 3 rings (SSSR count). The number of halogens is 1. The largest absolute Gasteiger partial charge is 0.489 e. The first-order chi connectivity index (χ1) is 12.2. The molecule has 0 spiro atoms. The van der Waals surface area contributed by atoms with E-state index < -0.39 is 6.10 Å². The SMILES string of the molecule is OC(COCc1ccccc1)COc1c(Cl)cccc1CNC1CC1. The normalized spacial score (nSPS) is 15.1. The molecule has 1 atom stereocenters. The van der Waals surface area contributed by atoms with E-state index in [9.17, 15) is 5.11 Å². The topological polar surface area (TPSA) is 50.7 Å². The van der Waals surface area contributed by atoms with Gasteiger partial charge in [-0.15, -0.1) is 0 Å². The second-order valence-corrected chi connectivity index (χ2v) is 6.76. The van der Waals surface area contributed by atoms with Crippen molar-refractivity contribution in [2.45, 2.75) is 38.1 Å². The summed E-state index contributed by atoms with van der Waals surface area (Å²) >= 11 is 6.26. The number of nitrogens with one attached hydrogen (secondary N) is 1. The Morgan fingerprint density at radius 3 is 2.64 bits per heavy atom. The van der Waals surface area contributed by atoms with Gasteiger partial charge in [0.15, 0.2) is 0 Å². The fraction of sp³-hybridized carbons (Fsp3) is 0.400. The Hall–Kier alpha value is -1.59. The van der Waals surface area contributed by atoms with E-state index in [-0.39, 0.29) is 13.2 Å². The summed E-state index contributed by atoms with van der Waals surface area (Å²) in [6.07, 6.45) is 1.76. The number of benzene rings is 2. The fourth-order valence-electron chi connectivity index (χ4n) is 2.51. The number of hydrogen-bond donors (Lipinski definition) is 2. The Labute approximate surface area is 153 Å². The molecule has 0 aliphatic heterocycles. The van der Waals surface area contributed by atoms with Crippen molar-refractivity contribution in [3.63, 3.8) is 0 Å². The van der Waals surface area contributed by atoms with Crippen molar-refractivity contribution >= 4 is 11.6 Å². The summed E-state index contributed by atoms with van der Waals surface area (Å²) in [5, 5.41) is 14.1. The van der Waals surface area contributed by atoms with Crippen molar-refractivity contribution in [1.82, 2.24) is 5.32 Å². The van der Waals surface area contributed by atoms with Crippen LogP contribution in [-0.4, -0.2) is 30.5 Å². The molecule has 0 aromatic heterocycles. The minimum Gasteiger partial charge on any atom is -0.489 e. The predicted molar refractivity (Wildman–Crippen MR) is 98.9 cm³/mol. The Morgan fingerprint density at radius 1 is 1.08 bits per heavy atom. The van der Waals surface area contributed by atoms with Crippen LogP contribution in [0.25, 0.3) is 0 Å². The van der Waals surface area contributed by atoms with Crippen molar-refractivity contribution in [3.8, 4) is 5.75 Å². The first kappa shape index (κ1) is 18.2. The average Bonchev–Trinajstić information content (AvgIpc) is 3.44. The van der Waals surface area contributed by atoms with Gasteiger partial charge in [-0.2, -0.15) is 0 Å². The van der Waals surface area contributed by atoms with E-state index in [4.69, 9.17) is 21.1 Å². The molecule has 5 heteroatoms. The van der Waals surface area contributed by atoms with Gasteiger partial charge in [0.1, 0.15) is 18.5 Å². The number of aliphatic hydroxyl groups is 1. The van der Waals surface area contributed by atoms with Crippen molar-refractivity contribution in [2.75, 3.05) is 13.2 Å². The van der Waals surface area contributed by atoms with Gasteiger partial charge in [0.05, 0.1) is 18.2 Å². The third-order valence-corrected chi connectivity index (χ3v) is 4.35. The summed E-state index contributed by atoms with van der Waals surface area (Å²) < 4.78 is 11.3. The van der Waals surface area contributed by atoms with Crippen LogP contribution in [-0.2, 0) is 17.9 Å². The third kappa shape index (κ3) is 6.01. The standard InChI is InChI=1S/C20H24ClNO3/c21-19-8-4-7-16(11-22-17-9-10-17)20(19)25-14-18(23)13-24-12-15-5-2-1-3-6-15/h1-8,17-18,22-23H,9-14H2. The van der Waals surface area contributed by atoms with Gasteiger partial charge >= 0.3 is 0 Å². The van der Waals surface area contributed by atoms with E-state index in [2.05, 4.69) is 5.32 Å². The van der Waals surface area contributed by atoms with Crippen LogP contribution in [0.4, 0.5) is 0 Å². The lowest BCUT2D eigenvalue weighted by Crippen LogP contribution is -2.24. The quantitative estimate of drug-likeness (QED) is 0.679. The monoisotopic (exact) mass is 361 g/mol. The van der Waals surface area contributed by atoms with Crippen LogP contribution in [0.2, 0.25) is 5.02 Å². The van der Waals surface area contributed by atoms with Crippen LogP contribution in [0.1, 0.15) is 24.0 Å². The molecular formula is C20H24ClNO3. The lowest BCUT2D eigenvalue weighted by Gasteiger charge is -2.17. The van der Waals surface area contributed by atoms with Crippen molar-refractivity contribution in [1.29, 1.82) is 0 Å². The van der Waals surface area contributed by atoms with Crippen LogP contribution in [0.15, 0.2) is 48.5 Å². The third-order valence-electron chi connectivity index (χ3n) is 4.05. The highest BCUT2D eigenvalue weighted by atomic mass is 35.5. The molecule has 25 heavy (non-hydrogen) atoms. The van der Waals surface area contributed by atoms with E-state index >= 15 is 0 Å². The number of aliphatic hydroxyl groups excluding tert-OH is 1. The van der Waals surface area contributed by atoms with Gasteiger partial charge in [0.2, 0.25) is 0 Å². The van der Waals surface area contributed by atoms with Crippen LogP contribution in [0, 0.1) is 0 Å². The molecule has 1 fully saturated rings. The van der Waals surface area contributed by atoms with Gasteiger partial charge in [-0.25, -0.2) is 0 Å². The molecule has 134 valence electrons. The minimum absolute atomic E-state index is 0.148. The maximum atomic E-state index is 10.1. The zero-order valence-corrected chi connectivity index (χ0v) is 14.9. The summed E-state index contributed by atoms with van der Waals surface area (Å²) in [7, 11) is 0. The van der Waals surface area contributed by atoms with E-state index in [1.165, 1.54) is 12.8 Å². The maximum absolute atomic E-state index is 10.1. The highest BCUT2D eigenvalue weighted by molar-refractivity contribution is 6.32. The Balaban J connectivity index is 1.45. The van der Waals surface area contributed by atoms with E-state index in [0.29, 0.717) is 23.4 Å². The van der Waals surface area contributed by atoms with Gasteiger partial charge in [-0.1, -0.05) is 54.1 Å². The number of ether oxygens (including phenoxy) is 2. The molecule has 2 aromatic rings. The Morgan fingerprint density at radius 2 is 1.88 bits per heavy atom. The zero-order valence-electron chi connectivity index (χ0n) is 14.2. The van der Waals surface area contributed by atoms with Gasteiger partial charge in [-0.3, -0.25) is 0 Å². The Bertz CT molecular complexity index is 661. The van der Waals surface area contributed by atoms with Crippen LogP contribution in [0.3, 0.4) is 0 Å². The first-order valence-corrected chi connectivity index (χ1v) is 9.03. The predicted octanol–water partition coefficient (Wildman–Crippen LogP) is 3.55. The first-order valence-electron chi connectivity index (χ1n) is 8.65. The Kier molecular flexibility index (Phi) is 6.70. The van der Waals surface area contributed by atoms with E-state index in [1.807, 2.05) is 42.5 Å². The van der Waals surface area contributed by atoms with E-state index in [1.54, 1.807) is 6.07 Å². The molecule has 0 heterocycles. The molecule has 0 amide bonds. The molecule has 1 aliphatic carbocycles. The maximum Gasteiger partial charge on any atom is 0.142 e. The van der Waals surface area contributed by atoms with Crippen molar-refractivity contribution in [3.05, 3.63) is 64.7 Å². The van der Waals surface area contributed by atoms with Crippen LogP contribution < -0.4 is 10.1 Å².